The zero-order valence-corrected chi connectivity index (χ0v) is 16.3. The highest BCUT2D eigenvalue weighted by Gasteiger charge is 2.10. The molecule has 1 aliphatic rings. The van der Waals surface area contributed by atoms with Crippen molar-refractivity contribution >= 4 is 17.2 Å². The molecule has 4 heteroatoms. The van der Waals surface area contributed by atoms with Crippen LogP contribution in [0.5, 0.6) is 0 Å². The number of benzene rings is 3. The zero-order valence-electron chi connectivity index (χ0n) is 16.3. The Morgan fingerprint density at radius 3 is 2.17 bits per heavy atom. The van der Waals surface area contributed by atoms with Crippen LogP contribution in [0.2, 0.25) is 0 Å². The van der Waals surface area contributed by atoms with Gasteiger partial charge in [0.2, 0.25) is 0 Å². The summed E-state index contributed by atoms with van der Waals surface area (Å²) >= 11 is 0. The summed E-state index contributed by atoms with van der Waals surface area (Å²) in [6.45, 7) is 3.39. The van der Waals surface area contributed by atoms with Crippen molar-refractivity contribution in [1.29, 1.82) is 0 Å². The molecule has 0 saturated carbocycles. The molecule has 0 unspecified atom stereocenters. The Morgan fingerprint density at radius 1 is 0.828 bits per heavy atom. The second kappa shape index (κ2) is 9.22. The van der Waals surface area contributed by atoms with Crippen LogP contribution in [0.25, 0.3) is 11.1 Å². The third kappa shape index (κ3) is 4.92. The van der Waals surface area contributed by atoms with Crippen LogP contribution >= 0.6 is 0 Å². The van der Waals surface area contributed by atoms with Crippen LogP contribution in [-0.4, -0.2) is 32.1 Å². The lowest BCUT2D eigenvalue weighted by atomic mass is 10.0. The third-order valence-electron chi connectivity index (χ3n) is 5.00. The Kier molecular flexibility index (Phi) is 6.03. The highest BCUT2D eigenvalue weighted by molar-refractivity contribution is 6.04. The molecule has 146 valence electrons. The van der Waals surface area contributed by atoms with Crippen molar-refractivity contribution in [1.82, 2.24) is 0 Å². The molecule has 1 N–H and O–H groups in total. The molecule has 3 aromatic carbocycles. The number of hydrogen-bond donors (Lipinski definition) is 1. The van der Waals surface area contributed by atoms with Gasteiger partial charge < -0.3 is 15.0 Å². The molecule has 0 amide bonds. The van der Waals surface area contributed by atoms with Crippen molar-refractivity contribution in [2.75, 3.05) is 36.5 Å². The number of nitrogens with one attached hydrogen (secondary N) is 1. The summed E-state index contributed by atoms with van der Waals surface area (Å²) in [4.78, 5) is 14.7. The summed E-state index contributed by atoms with van der Waals surface area (Å²) in [6, 6.07) is 26.1. The topological polar surface area (TPSA) is 41.6 Å². The molecular formula is C25H24N2O2. The van der Waals surface area contributed by atoms with Crippen LogP contribution < -0.4 is 10.2 Å². The number of ketones is 1. The quantitative estimate of drug-likeness (QED) is 0.480. The lowest BCUT2D eigenvalue weighted by molar-refractivity contribution is 0.104. The van der Waals surface area contributed by atoms with E-state index < -0.39 is 0 Å². The van der Waals surface area contributed by atoms with Gasteiger partial charge in [0, 0.05) is 42.3 Å². The number of morpholine rings is 1. The van der Waals surface area contributed by atoms with Crippen molar-refractivity contribution < 1.29 is 9.53 Å². The van der Waals surface area contributed by atoms with Gasteiger partial charge in [0.1, 0.15) is 0 Å². The number of ether oxygens (including phenoxy) is 1. The largest absolute Gasteiger partial charge is 0.378 e. The number of nitrogens with zero attached hydrogens (tertiary/aromatic N) is 1. The number of hydrogen-bond acceptors (Lipinski definition) is 4. The summed E-state index contributed by atoms with van der Waals surface area (Å²) < 4.78 is 5.39. The van der Waals surface area contributed by atoms with Gasteiger partial charge in [0.15, 0.2) is 5.78 Å². The van der Waals surface area contributed by atoms with Crippen molar-refractivity contribution in [3.63, 3.8) is 0 Å². The normalized spacial score (nSPS) is 14.1. The van der Waals surface area contributed by atoms with E-state index in [2.05, 4.69) is 34.5 Å². The second-order valence-electron chi connectivity index (χ2n) is 6.93. The smallest absolute Gasteiger partial charge is 0.187 e. The van der Waals surface area contributed by atoms with E-state index in [9.17, 15) is 4.79 Å². The molecule has 29 heavy (non-hydrogen) atoms. The SMILES string of the molecule is O=C(C=CNc1ccc(N2CCOCC2)cc1)c1ccc(-c2ccccc2)cc1. The van der Waals surface area contributed by atoms with E-state index in [1.807, 2.05) is 54.6 Å². The first-order chi connectivity index (χ1) is 14.3. The Balaban J connectivity index is 1.33. The van der Waals surface area contributed by atoms with E-state index in [0.29, 0.717) is 5.56 Å². The van der Waals surface area contributed by atoms with Gasteiger partial charge in [-0.1, -0.05) is 54.6 Å². The van der Waals surface area contributed by atoms with Gasteiger partial charge >= 0.3 is 0 Å². The van der Waals surface area contributed by atoms with Crippen LogP contribution in [0.15, 0.2) is 91.1 Å². The molecule has 3 aromatic rings. The van der Waals surface area contributed by atoms with Crippen LogP contribution in [0.1, 0.15) is 10.4 Å². The zero-order chi connectivity index (χ0) is 19.9. The fraction of sp³-hybridized carbons (Fsp3) is 0.160. The number of anilines is 2. The maximum absolute atomic E-state index is 12.4. The summed E-state index contributed by atoms with van der Waals surface area (Å²) in [7, 11) is 0. The Morgan fingerprint density at radius 2 is 1.48 bits per heavy atom. The number of carbonyl (C=O) groups excluding carboxylic acids is 1. The predicted octanol–water partition coefficient (Wildman–Crippen LogP) is 5.00. The molecule has 4 nitrogen and oxygen atoms in total. The maximum atomic E-state index is 12.4. The third-order valence-corrected chi connectivity index (χ3v) is 5.00. The second-order valence-corrected chi connectivity index (χ2v) is 6.93. The molecule has 1 saturated heterocycles. The van der Waals surface area contributed by atoms with Crippen LogP contribution in [0, 0.1) is 0 Å². The minimum atomic E-state index is -0.0259. The van der Waals surface area contributed by atoms with Gasteiger partial charge in [-0.25, -0.2) is 0 Å². The highest BCUT2D eigenvalue weighted by atomic mass is 16.5. The van der Waals surface area contributed by atoms with E-state index in [0.717, 1.165) is 43.1 Å². The van der Waals surface area contributed by atoms with E-state index in [1.165, 1.54) is 5.69 Å². The monoisotopic (exact) mass is 384 g/mol. The standard InChI is InChI=1S/C25H24N2O2/c28-25(22-8-6-21(7-9-22)20-4-2-1-3-5-20)14-15-26-23-10-12-24(13-11-23)27-16-18-29-19-17-27/h1-15,26H,16-19H2. The summed E-state index contributed by atoms with van der Waals surface area (Å²) in [5.74, 6) is -0.0259. The minimum absolute atomic E-state index is 0.0259. The molecule has 1 heterocycles. The predicted molar refractivity (Wildman–Crippen MR) is 118 cm³/mol. The van der Waals surface area contributed by atoms with Crippen molar-refractivity contribution in [2.24, 2.45) is 0 Å². The highest BCUT2D eigenvalue weighted by Crippen LogP contribution is 2.20. The van der Waals surface area contributed by atoms with E-state index in [1.54, 1.807) is 12.3 Å². The van der Waals surface area contributed by atoms with Gasteiger partial charge in [0.05, 0.1) is 13.2 Å². The number of carbonyl (C=O) groups is 1. The molecule has 0 bridgehead atoms. The van der Waals surface area contributed by atoms with Gasteiger partial charge in [-0.3, -0.25) is 4.79 Å². The molecule has 0 radical (unpaired) electrons. The Hall–Kier alpha value is -3.37. The maximum Gasteiger partial charge on any atom is 0.187 e. The molecule has 1 fully saturated rings. The van der Waals surface area contributed by atoms with E-state index in [-0.39, 0.29) is 5.78 Å². The van der Waals surface area contributed by atoms with E-state index in [4.69, 9.17) is 4.74 Å². The average Bonchev–Trinajstić information content (AvgIpc) is 2.81. The first-order valence-corrected chi connectivity index (χ1v) is 9.85. The van der Waals surface area contributed by atoms with Crippen LogP contribution in [0.3, 0.4) is 0 Å². The molecule has 0 atom stereocenters. The van der Waals surface area contributed by atoms with Gasteiger partial charge in [-0.2, -0.15) is 0 Å². The Labute approximate surface area is 171 Å². The van der Waals surface area contributed by atoms with Crippen LogP contribution in [0.4, 0.5) is 11.4 Å². The minimum Gasteiger partial charge on any atom is -0.378 e. The first kappa shape index (κ1) is 19.0. The molecule has 1 aliphatic heterocycles. The molecule has 0 aliphatic carbocycles. The van der Waals surface area contributed by atoms with Gasteiger partial charge in [0.25, 0.3) is 0 Å². The fourth-order valence-electron chi connectivity index (χ4n) is 3.36. The summed E-state index contributed by atoms with van der Waals surface area (Å²) in [6.07, 6.45) is 3.25. The number of rotatable bonds is 6. The first-order valence-electron chi connectivity index (χ1n) is 9.85. The number of allylic oxidation sites excluding steroid dienone is 1. The molecule has 0 aromatic heterocycles. The molecular weight excluding hydrogens is 360 g/mol. The van der Waals surface area contributed by atoms with Gasteiger partial charge in [-0.15, -0.1) is 0 Å². The van der Waals surface area contributed by atoms with Crippen LogP contribution in [-0.2, 0) is 4.74 Å². The lowest BCUT2D eigenvalue weighted by Crippen LogP contribution is -2.36. The fourth-order valence-corrected chi connectivity index (χ4v) is 3.36. The van der Waals surface area contributed by atoms with Crippen molar-refractivity contribution in [3.8, 4) is 11.1 Å². The van der Waals surface area contributed by atoms with Gasteiger partial charge in [-0.05, 0) is 35.4 Å². The average molecular weight is 384 g/mol. The Bertz CT molecular complexity index is 958. The molecule has 4 rings (SSSR count). The lowest BCUT2D eigenvalue weighted by Gasteiger charge is -2.28. The van der Waals surface area contributed by atoms with E-state index >= 15 is 0 Å². The van der Waals surface area contributed by atoms with Crippen molar-refractivity contribution in [2.45, 2.75) is 0 Å². The molecule has 0 spiro atoms. The summed E-state index contributed by atoms with van der Waals surface area (Å²) in [5.41, 5.74) is 5.06. The van der Waals surface area contributed by atoms with Crippen molar-refractivity contribution in [3.05, 3.63) is 96.7 Å². The summed E-state index contributed by atoms with van der Waals surface area (Å²) in [5, 5.41) is 3.17.